The molecule has 1 heterocycles. The molecule has 1 aliphatic carbocycles. The van der Waals surface area contributed by atoms with Gasteiger partial charge in [0.05, 0.1) is 6.07 Å². The van der Waals surface area contributed by atoms with Gasteiger partial charge in [0, 0.05) is 0 Å². The number of nitrogens with zero attached hydrogens (tertiary/aromatic N) is 1. The summed E-state index contributed by atoms with van der Waals surface area (Å²) in [5.74, 6) is 0.659. The lowest BCUT2D eigenvalue weighted by atomic mass is 9.91. The van der Waals surface area contributed by atoms with Crippen molar-refractivity contribution in [1.82, 2.24) is 0 Å². The predicted molar refractivity (Wildman–Crippen MR) is 40.8 cm³/mol. The lowest BCUT2D eigenvalue weighted by Gasteiger charge is -2.11. The van der Waals surface area contributed by atoms with Crippen LogP contribution in [0.25, 0.3) is 0 Å². The Balaban J connectivity index is 2.10. The van der Waals surface area contributed by atoms with Crippen LogP contribution in [0.4, 0.5) is 0 Å². The van der Waals surface area contributed by atoms with Gasteiger partial charge in [-0.15, -0.1) is 0 Å². The number of hydrogen-bond donors (Lipinski definition) is 0. The van der Waals surface area contributed by atoms with E-state index in [0.717, 1.165) is 12.8 Å². The van der Waals surface area contributed by atoms with Crippen molar-refractivity contribution in [3.63, 3.8) is 0 Å². The van der Waals surface area contributed by atoms with Crippen molar-refractivity contribution in [2.24, 2.45) is 5.92 Å². The van der Waals surface area contributed by atoms with Crippen LogP contribution < -0.4 is 0 Å². The normalized spacial score (nSPS) is 47.6. The molecule has 1 saturated carbocycles. The lowest BCUT2D eigenvalue weighted by molar-refractivity contribution is 0.240. The van der Waals surface area contributed by atoms with Crippen LogP contribution in [0.2, 0.25) is 0 Å². The Bertz CT molecular complexity index is 208. The van der Waals surface area contributed by atoms with Crippen molar-refractivity contribution in [2.45, 2.75) is 44.3 Å². The molecule has 1 aliphatic heterocycles. The predicted octanol–water partition coefficient (Wildman–Crippen LogP) is 1.86. The van der Waals surface area contributed by atoms with Crippen molar-refractivity contribution < 1.29 is 4.74 Å². The van der Waals surface area contributed by atoms with E-state index in [0.29, 0.717) is 5.92 Å². The van der Waals surface area contributed by atoms with Gasteiger partial charge in [-0.3, -0.25) is 0 Å². The average molecular weight is 151 g/mol. The molecule has 0 aromatic rings. The molecule has 1 spiro atoms. The third-order valence-electron chi connectivity index (χ3n) is 3.15. The zero-order valence-corrected chi connectivity index (χ0v) is 6.84. The third kappa shape index (κ3) is 0.810. The van der Waals surface area contributed by atoms with Gasteiger partial charge in [0.15, 0.2) is 6.10 Å². The van der Waals surface area contributed by atoms with Gasteiger partial charge in [0.2, 0.25) is 0 Å². The lowest BCUT2D eigenvalue weighted by Crippen LogP contribution is -2.19. The van der Waals surface area contributed by atoms with Gasteiger partial charge in [-0.25, -0.2) is 0 Å². The maximum absolute atomic E-state index is 8.67. The van der Waals surface area contributed by atoms with E-state index in [1.165, 1.54) is 12.8 Å². The first-order chi connectivity index (χ1) is 5.33. The van der Waals surface area contributed by atoms with Crippen LogP contribution in [-0.2, 0) is 4.74 Å². The third-order valence-corrected chi connectivity index (χ3v) is 3.15. The standard InChI is InChI=1S/C9H13NO/c1-2-7-4-3-5-9(7)8(6-10)11-9/h7-8H,2-5H2,1H3. The molecule has 2 nitrogen and oxygen atoms in total. The minimum atomic E-state index is -0.0741. The van der Waals surface area contributed by atoms with Gasteiger partial charge < -0.3 is 4.74 Å². The summed E-state index contributed by atoms with van der Waals surface area (Å²) in [5.41, 5.74) is 0.0174. The maximum Gasteiger partial charge on any atom is 0.173 e. The molecule has 3 atom stereocenters. The minimum absolute atomic E-state index is 0.0174. The van der Waals surface area contributed by atoms with E-state index in [9.17, 15) is 0 Å². The van der Waals surface area contributed by atoms with Crippen LogP contribution in [0.15, 0.2) is 0 Å². The van der Waals surface area contributed by atoms with Crippen LogP contribution in [0.1, 0.15) is 32.6 Å². The SMILES string of the molecule is CCC1CCCC12OC2C#N. The summed E-state index contributed by atoms with van der Waals surface area (Å²) >= 11 is 0. The van der Waals surface area contributed by atoms with Crippen LogP contribution in [0, 0.1) is 17.2 Å². The topological polar surface area (TPSA) is 36.3 Å². The van der Waals surface area contributed by atoms with E-state index in [1.807, 2.05) is 0 Å². The van der Waals surface area contributed by atoms with E-state index in [2.05, 4.69) is 13.0 Å². The molecule has 11 heavy (non-hydrogen) atoms. The molecule has 0 amide bonds. The maximum atomic E-state index is 8.67. The molecule has 0 bridgehead atoms. The fourth-order valence-electron chi connectivity index (χ4n) is 2.44. The van der Waals surface area contributed by atoms with Crippen molar-refractivity contribution in [3.05, 3.63) is 0 Å². The van der Waals surface area contributed by atoms with E-state index < -0.39 is 0 Å². The number of hydrogen-bond acceptors (Lipinski definition) is 2. The molecule has 0 aromatic heterocycles. The quantitative estimate of drug-likeness (QED) is 0.536. The summed E-state index contributed by atoms with van der Waals surface area (Å²) in [6.07, 6.45) is 4.71. The molecular formula is C9H13NO. The van der Waals surface area contributed by atoms with E-state index in [4.69, 9.17) is 10.00 Å². The Kier molecular flexibility index (Phi) is 1.43. The summed E-state index contributed by atoms with van der Waals surface area (Å²) in [4.78, 5) is 0. The smallest absolute Gasteiger partial charge is 0.173 e. The van der Waals surface area contributed by atoms with E-state index in [1.54, 1.807) is 0 Å². The molecule has 2 fully saturated rings. The summed E-state index contributed by atoms with van der Waals surface area (Å²) < 4.78 is 5.46. The van der Waals surface area contributed by atoms with Crippen LogP contribution >= 0.6 is 0 Å². The molecule has 60 valence electrons. The molecule has 3 unspecified atom stereocenters. The largest absolute Gasteiger partial charge is 0.350 e. The Hall–Kier alpha value is -0.550. The molecule has 1 saturated heterocycles. The van der Waals surface area contributed by atoms with Crippen LogP contribution in [0.5, 0.6) is 0 Å². The number of ether oxygens (including phenoxy) is 1. The number of epoxide rings is 1. The van der Waals surface area contributed by atoms with E-state index in [-0.39, 0.29) is 11.7 Å². The van der Waals surface area contributed by atoms with Crippen molar-refractivity contribution in [3.8, 4) is 6.07 Å². The highest BCUT2D eigenvalue weighted by molar-refractivity contribution is 5.18. The molecule has 0 aromatic carbocycles. The fourth-order valence-corrected chi connectivity index (χ4v) is 2.44. The molecule has 0 radical (unpaired) electrons. The summed E-state index contributed by atoms with van der Waals surface area (Å²) in [5, 5.41) is 8.67. The second-order valence-corrected chi connectivity index (χ2v) is 3.58. The van der Waals surface area contributed by atoms with Crippen molar-refractivity contribution in [2.75, 3.05) is 0 Å². The highest BCUT2D eigenvalue weighted by Gasteiger charge is 2.62. The zero-order chi connectivity index (χ0) is 7.90. The molecular weight excluding hydrogens is 138 g/mol. The Morgan fingerprint density at radius 2 is 2.55 bits per heavy atom. The Morgan fingerprint density at radius 1 is 1.73 bits per heavy atom. The van der Waals surface area contributed by atoms with E-state index >= 15 is 0 Å². The Labute approximate surface area is 67.2 Å². The van der Waals surface area contributed by atoms with Gasteiger partial charge in [0.1, 0.15) is 5.60 Å². The zero-order valence-electron chi connectivity index (χ0n) is 6.84. The minimum Gasteiger partial charge on any atom is -0.350 e. The molecule has 2 heteroatoms. The summed E-state index contributed by atoms with van der Waals surface area (Å²) in [7, 11) is 0. The van der Waals surface area contributed by atoms with Gasteiger partial charge in [-0.1, -0.05) is 19.8 Å². The fraction of sp³-hybridized carbons (Fsp3) is 0.889. The van der Waals surface area contributed by atoms with Crippen LogP contribution in [-0.4, -0.2) is 11.7 Å². The monoisotopic (exact) mass is 151 g/mol. The first-order valence-electron chi connectivity index (χ1n) is 4.41. The highest BCUT2D eigenvalue weighted by Crippen LogP contribution is 2.54. The second-order valence-electron chi connectivity index (χ2n) is 3.58. The van der Waals surface area contributed by atoms with Crippen LogP contribution in [0.3, 0.4) is 0 Å². The number of nitriles is 1. The first-order valence-corrected chi connectivity index (χ1v) is 4.41. The highest BCUT2D eigenvalue weighted by atomic mass is 16.6. The summed E-state index contributed by atoms with van der Waals surface area (Å²) in [6, 6.07) is 2.21. The average Bonchev–Trinajstić information content (AvgIpc) is 2.55. The van der Waals surface area contributed by atoms with Gasteiger partial charge in [-0.2, -0.15) is 5.26 Å². The Morgan fingerprint density at radius 3 is 3.09 bits per heavy atom. The molecule has 0 N–H and O–H groups in total. The second kappa shape index (κ2) is 2.22. The number of rotatable bonds is 1. The molecule has 2 aliphatic rings. The van der Waals surface area contributed by atoms with Gasteiger partial charge >= 0.3 is 0 Å². The van der Waals surface area contributed by atoms with Gasteiger partial charge in [-0.05, 0) is 18.8 Å². The summed E-state index contributed by atoms with van der Waals surface area (Å²) in [6.45, 7) is 2.19. The van der Waals surface area contributed by atoms with Gasteiger partial charge in [0.25, 0.3) is 0 Å². The first kappa shape index (κ1) is 7.12. The van der Waals surface area contributed by atoms with Crippen molar-refractivity contribution >= 4 is 0 Å². The van der Waals surface area contributed by atoms with Crippen molar-refractivity contribution in [1.29, 1.82) is 5.26 Å². The molecule has 2 rings (SSSR count).